The first-order valence-electron chi connectivity index (χ1n) is 4.74. The van der Waals surface area contributed by atoms with E-state index in [-0.39, 0.29) is 6.04 Å². The van der Waals surface area contributed by atoms with Gasteiger partial charge in [-0.2, -0.15) is 0 Å². The van der Waals surface area contributed by atoms with Crippen LogP contribution in [-0.4, -0.2) is 12.6 Å². The normalized spacial score (nSPS) is 18.9. The van der Waals surface area contributed by atoms with Crippen LogP contribution >= 0.6 is 0 Å². The van der Waals surface area contributed by atoms with Crippen molar-refractivity contribution >= 4 is 0 Å². The van der Waals surface area contributed by atoms with E-state index in [1.807, 2.05) is 12.3 Å². The number of benzene rings is 1. The highest BCUT2D eigenvalue weighted by atomic mass is 19.2. The van der Waals surface area contributed by atoms with Gasteiger partial charge in [-0.05, 0) is 24.8 Å². The molecule has 1 atom stereocenters. The zero-order chi connectivity index (χ0) is 10.7. The number of hydrogen-bond acceptors (Lipinski definition) is 2. The molecular weight excluding hydrogens is 200 g/mol. The Bertz CT molecular complexity index is 371. The van der Waals surface area contributed by atoms with Gasteiger partial charge in [0.2, 0.25) is 0 Å². The molecule has 1 aliphatic heterocycles. The van der Waals surface area contributed by atoms with E-state index in [4.69, 9.17) is 4.74 Å². The maximum atomic E-state index is 12.8. The van der Waals surface area contributed by atoms with Crippen LogP contribution in [0.3, 0.4) is 0 Å². The number of ether oxygens (including phenoxy) is 1. The molecule has 4 heteroatoms. The van der Waals surface area contributed by atoms with Crippen LogP contribution in [0.4, 0.5) is 8.78 Å². The van der Waals surface area contributed by atoms with Crippen molar-refractivity contribution in [2.75, 3.05) is 6.61 Å². The summed E-state index contributed by atoms with van der Waals surface area (Å²) in [5.74, 6) is -1.39. The fraction of sp³-hybridized carbons (Fsp3) is 0.273. The lowest BCUT2D eigenvalue weighted by atomic mass is 10.2. The number of hydrogen-bond donors (Lipinski definition) is 1. The molecule has 0 fully saturated rings. The Hall–Kier alpha value is -1.58. The summed E-state index contributed by atoms with van der Waals surface area (Å²) in [6.07, 6.45) is 4.75. The molecule has 0 saturated heterocycles. The van der Waals surface area contributed by atoms with Crippen molar-refractivity contribution in [3.05, 3.63) is 42.1 Å². The first-order valence-corrected chi connectivity index (χ1v) is 4.74. The maximum Gasteiger partial charge on any atom is 0.162 e. The molecule has 0 saturated carbocycles. The third-order valence-electron chi connectivity index (χ3n) is 2.21. The molecule has 80 valence electrons. The fourth-order valence-electron chi connectivity index (χ4n) is 1.38. The van der Waals surface area contributed by atoms with Gasteiger partial charge in [-0.25, -0.2) is 8.78 Å². The van der Waals surface area contributed by atoms with E-state index in [9.17, 15) is 8.78 Å². The van der Waals surface area contributed by atoms with Gasteiger partial charge in [0.25, 0.3) is 0 Å². The van der Waals surface area contributed by atoms with Crippen molar-refractivity contribution in [2.45, 2.75) is 12.5 Å². The molecule has 1 aromatic rings. The zero-order valence-electron chi connectivity index (χ0n) is 8.04. The molecule has 1 aromatic carbocycles. The lowest BCUT2D eigenvalue weighted by molar-refractivity contribution is 0.278. The van der Waals surface area contributed by atoms with E-state index < -0.39 is 11.6 Å². The van der Waals surface area contributed by atoms with E-state index in [2.05, 4.69) is 5.32 Å². The van der Waals surface area contributed by atoms with Crippen LogP contribution in [0.2, 0.25) is 0 Å². The molecule has 2 rings (SSSR count). The summed E-state index contributed by atoms with van der Waals surface area (Å²) < 4.78 is 30.7. The standard InChI is InChI=1S/C11H11F2NO/c12-10-4-3-9(6-11(10)13)15-7-8-2-1-5-14-8/h1,3-6,8,14H,2,7H2. The van der Waals surface area contributed by atoms with Crippen molar-refractivity contribution in [1.29, 1.82) is 0 Å². The summed E-state index contributed by atoms with van der Waals surface area (Å²) in [7, 11) is 0. The third kappa shape index (κ3) is 2.46. The summed E-state index contributed by atoms with van der Waals surface area (Å²) in [5, 5.41) is 3.08. The third-order valence-corrected chi connectivity index (χ3v) is 2.21. The average molecular weight is 211 g/mol. The van der Waals surface area contributed by atoms with E-state index in [1.165, 1.54) is 6.07 Å². The smallest absolute Gasteiger partial charge is 0.162 e. The van der Waals surface area contributed by atoms with Crippen LogP contribution in [0.1, 0.15) is 6.42 Å². The Morgan fingerprint density at radius 2 is 2.20 bits per heavy atom. The maximum absolute atomic E-state index is 12.8. The highest BCUT2D eigenvalue weighted by Gasteiger charge is 2.10. The van der Waals surface area contributed by atoms with Crippen LogP contribution < -0.4 is 10.1 Å². The largest absolute Gasteiger partial charge is 0.491 e. The van der Waals surface area contributed by atoms with E-state index in [1.54, 1.807) is 0 Å². The molecule has 0 radical (unpaired) electrons. The number of halogens is 2. The summed E-state index contributed by atoms with van der Waals surface area (Å²) in [6, 6.07) is 3.75. The van der Waals surface area contributed by atoms with Crippen LogP contribution in [0.15, 0.2) is 30.5 Å². The summed E-state index contributed by atoms with van der Waals surface area (Å²) >= 11 is 0. The molecule has 2 nitrogen and oxygen atoms in total. The second-order valence-electron chi connectivity index (χ2n) is 3.39. The topological polar surface area (TPSA) is 21.3 Å². The molecule has 0 bridgehead atoms. The second kappa shape index (κ2) is 4.29. The van der Waals surface area contributed by atoms with E-state index in [0.29, 0.717) is 12.4 Å². The minimum atomic E-state index is -0.884. The zero-order valence-corrected chi connectivity index (χ0v) is 8.04. The molecule has 0 aliphatic carbocycles. The molecule has 0 amide bonds. The lowest BCUT2D eigenvalue weighted by Crippen LogP contribution is -2.26. The summed E-state index contributed by atoms with van der Waals surface area (Å²) in [6.45, 7) is 0.443. The highest BCUT2D eigenvalue weighted by Crippen LogP contribution is 2.16. The molecule has 0 aromatic heterocycles. The monoisotopic (exact) mass is 211 g/mol. The van der Waals surface area contributed by atoms with Crippen molar-refractivity contribution in [3.63, 3.8) is 0 Å². The van der Waals surface area contributed by atoms with Crippen molar-refractivity contribution in [3.8, 4) is 5.75 Å². The first-order chi connectivity index (χ1) is 7.25. The SMILES string of the molecule is Fc1ccc(OCC2CC=CN2)cc1F. The summed E-state index contributed by atoms with van der Waals surface area (Å²) in [5.41, 5.74) is 0. The Morgan fingerprint density at radius 3 is 2.87 bits per heavy atom. The van der Waals surface area contributed by atoms with Gasteiger partial charge in [0.1, 0.15) is 12.4 Å². The predicted molar refractivity (Wildman–Crippen MR) is 52.5 cm³/mol. The van der Waals surface area contributed by atoms with Gasteiger partial charge in [0.15, 0.2) is 11.6 Å². The van der Waals surface area contributed by atoms with Gasteiger partial charge in [-0.15, -0.1) is 0 Å². The number of nitrogens with one attached hydrogen (secondary N) is 1. The molecule has 15 heavy (non-hydrogen) atoms. The molecule has 1 unspecified atom stereocenters. The first kappa shape index (κ1) is 9.96. The van der Waals surface area contributed by atoms with Crippen LogP contribution in [-0.2, 0) is 0 Å². The fourth-order valence-corrected chi connectivity index (χ4v) is 1.38. The van der Waals surface area contributed by atoms with E-state index >= 15 is 0 Å². The second-order valence-corrected chi connectivity index (χ2v) is 3.39. The molecular formula is C11H11F2NO. The lowest BCUT2D eigenvalue weighted by Gasteiger charge is -2.12. The van der Waals surface area contributed by atoms with Crippen LogP contribution in [0, 0.1) is 11.6 Å². The van der Waals surface area contributed by atoms with Crippen LogP contribution in [0.25, 0.3) is 0 Å². The van der Waals surface area contributed by atoms with Gasteiger partial charge < -0.3 is 10.1 Å². The minimum Gasteiger partial charge on any atom is -0.491 e. The molecule has 1 N–H and O–H groups in total. The number of rotatable bonds is 3. The molecule has 1 aliphatic rings. The van der Waals surface area contributed by atoms with Gasteiger partial charge in [-0.1, -0.05) is 6.08 Å². The van der Waals surface area contributed by atoms with Gasteiger partial charge >= 0.3 is 0 Å². The van der Waals surface area contributed by atoms with Gasteiger partial charge in [0, 0.05) is 6.07 Å². The molecule has 1 heterocycles. The Labute approximate surface area is 86.6 Å². The van der Waals surface area contributed by atoms with Crippen molar-refractivity contribution < 1.29 is 13.5 Å². The predicted octanol–water partition coefficient (Wildman–Crippen LogP) is 2.22. The van der Waals surface area contributed by atoms with Crippen molar-refractivity contribution in [1.82, 2.24) is 5.32 Å². The van der Waals surface area contributed by atoms with Gasteiger partial charge in [0.05, 0.1) is 6.04 Å². The Kier molecular flexibility index (Phi) is 2.85. The van der Waals surface area contributed by atoms with E-state index in [0.717, 1.165) is 18.6 Å². The average Bonchev–Trinajstić information content (AvgIpc) is 2.73. The Balaban J connectivity index is 1.90. The molecule has 0 spiro atoms. The van der Waals surface area contributed by atoms with Crippen LogP contribution in [0.5, 0.6) is 5.75 Å². The Morgan fingerprint density at radius 1 is 1.33 bits per heavy atom. The summed E-state index contributed by atoms with van der Waals surface area (Å²) in [4.78, 5) is 0. The minimum absolute atomic E-state index is 0.220. The van der Waals surface area contributed by atoms with Gasteiger partial charge in [-0.3, -0.25) is 0 Å². The van der Waals surface area contributed by atoms with Crippen molar-refractivity contribution in [2.24, 2.45) is 0 Å². The quantitative estimate of drug-likeness (QED) is 0.827. The highest BCUT2D eigenvalue weighted by molar-refractivity contribution is 5.23.